The number of aliphatic hydroxyl groups excluding tert-OH is 1. The Bertz CT molecular complexity index is 250. The zero-order valence-electron chi connectivity index (χ0n) is 11.3. The third-order valence-corrected chi connectivity index (χ3v) is 4.24. The summed E-state index contributed by atoms with van der Waals surface area (Å²) in [4.78, 5) is 2.36. The van der Waals surface area contributed by atoms with Crippen molar-refractivity contribution in [2.24, 2.45) is 5.73 Å². The number of aliphatic hydroxyl groups is 1. The fraction of sp³-hybridized carbons (Fsp3) is 1.00. The second-order valence-electron chi connectivity index (χ2n) is 5.37. The summed E-state index contributed by atoms with van der Waals surface area (Å²) in [7, 11) is 1.65. The van der Waals surface area contributed by atoms with E-state index in [0.717, 1.165) is 26.0 Å². The van der Waals surface area contributed by atoms with E-state index < -0.39 is 0 Å². The highest BCUT2D eigenvalue weighted by Gasteiger charge is 2.39. The number of ether oxygens (including phenoxy) is 2. The van der Waals surface area contributed by atoms with Crippen LogP contribution in [-0.2, 0) is 9.47 Å². The van der Waals surface area contributed by atoms with Gasteiger partial charge < -0.3 is 20.3 Å². The number of hydrogen-bond donors (Lipinski definition) is 2. The van der Waals surface area contributed by atoms with E-state index in [1.165, 1.54) is 12.8 Å². The Labute approximate surface area is 109 Å². The number of hydrogen-bond acceptors (Lipinski definition) is 5. The largest absolute Gasteiger partial charge is 0.395 e. The molecule has 3 N–H and O–H groups in total. The van der Waals surface area contributed by atoms with Crippen molar-refractivity contribution >= 4 is 0 Å². The molecule has 18 heavy (non-hydrogen) atoms. The number of rotatable bonds is 5. The lowest BCUT2D eigenvalue weighted by Gasteiger charge is -2.48. The quantitative estimate of drug-likeness (QED) is 0.724. The van der Waals surface area contributed by atoms with Crippen LogP contribution in [0.1, 0.15) is 25.7 Å². The van der Waals surface area contributed by atoms with E-state index in [-0.39, 0.29) is 18.7 Å². The Morgan fingerprint density at radius 3 is 2.94 bits per heavy atom. The Morgan fingerprint density at radius 2 is 2.22 bits per heavy atom. The van der Waals surface area contributed by atoms with Gasteiger partial charge in [0.15, 0.2) is 0 Å². The maximum atomic E-state index is 9.65. The van der Waals surface area contributed by atoms with Crippen LogP contribution in [-0.4, -0.2) is 67.7 Å². The molecule has 2 rings (SSSR count). The van der Waals surface area contributed by atoms with E-state index in [9.17, 15) is 5.11 Å². The van der Waals surface area contributed by atoms with Crippen molar-refractivity contribution in [3.05, 3.63) is 0 Å². The number of methoxy groups -OCH3 is 1. The fourth-order valence-corrected chi connectivity index (χ4v) is 3.33. The van der Waals surface area contributed by atoms with Gasteiger partial charge in [-0.1, -0.05) is 12.8 Å². The van der Waals surface area contributed by atoms with Gasteiger partial charge in [0.05, 0.1) is 32.0 Å². The Morgan fingerprint density at radius 1 is 1.44 bits per heavy atom. The summed E-state index contributed by atoms with van der Waals surface area (Å²) in [5.41, 5.74) is 6.12. The van der Waals surface area contributed by atoms with Crippen LogP contribution in [0.25, 0.3) is 0 Å². The predicted molar refractivity (Wildman–Crippen MR) is 69.4 cm³/mol. The lowest BCUT2D eigenvalue weighted by atomic mass is 9.88. The first-order valence-electron chi connectivity index (χ1n) is 7.00. The minimum Gasteiger partial charge on any atom is -0.395 e. The first kappa shape index (κ1) is 14.2. The minimum absolute atomic E-state index is 0.0144. The van der Waals surface area contributed by atoms with Crippen LogP contribution in [0.5, 0.6) is 0 Å². The normalized spacial score (nSPS) is 32.8. The molecule has 5 nitrogen and oxygen atoms in total. The van der Waals surface area contributed by atoms with E-state index in [0.29, 0.717) is 18.8 Å². The van der Waals surface area contributed by atoms with Crippen LogP contribution in [0, 0.1) is 0 Å². The fourth-order valence-electron chi connectivity index (χ4n) is 3.33. The minimum atomic E-state index is -0.138. The average Bonchev–Trinajstić information content (AvgIpc) is 2.40. The Kier molecular flexibility index (Phi) is 5.38. The molecule has 1 aliphatic carbocycles. The Balaban J connectivity index is 2.03. The molecule has 2 aliphatic rings. The van der Waals surface area contributed by atoms with Gasteiger partial charge in [-0.25, -0.2) is 0 Å². The van der Waals surface area contributed by atoms with Crippen LogP contribution in [0.3, 0.4) is 0 Å². The van der Waals surface area contributed by atoms with Crippen LogP contribution in [0.4, 0.5) is 0 Å². The molecule has 0 aromatic heterocycles. The third-order valence-electron chi connectivity index (χ3n) is 4.24. The van der Waals surface area contributed by atoms with Crippen molar-refractivity contribution in [3.63, 3.8) is 0 Å². The molecule has 1 saturated carbocycles. The predicted octanol–water partition coefficient (Wildman–Crippen LogP) is -0.0356. The van der Waals surface area contributed by atoms with Gasteiger partial charge in [-0.3, -0.25) is 4.90 Å². The van der Waals surface area contributed by atoms with E-state index >= 15 is 0 Å². The molecule has 1 aliphatic heterocycles. The standard InChI is InChI=1S/C13H26N2O3/c1-17-9-10(14)12(8-16)15-6-7-18-13-5-3-2-4-11(13)15/h10-13,16H,2-9,14H2,1H3. The molecule has 1 heterocycles. The summed E-state index contributed by atoms with van der Waals surface area (Å²) in [6.07, 6.45) is 5.12. The van der Waals surface area contributed by atoms with Crippen molar-refractivity contribution in [1.29, 1.82) is 0 Å². The second-order valence-corrected chi connectivity index (χ2v) is 5.37. The van der Waals surface area contributed by atoms with Gasteiger partial charge in [0.2, 0.25) is 0 Å². The van der Waals surface area contributed by atoms with Crippen LogP contribution >= 0.6 is 0 Å². The molecule has 0 radical (unpaired) electrons. The van der Waals surface area contributed by atoms with Gasteiger partial charge in [-0.2, -0.15) is 0 Å². The van der Waals surface area contributed by atoms with Crippen LogP contribution < -0.4 is 5.73 Å². The zero-order valence-corrected chi connectivity index (χ0v) is 11.3. The summed E-state index contributed by atoms with van der Waals surface area (Å²) in [6.45, 7) is 2.19. The third kappa shape index (κ3) is 3.03. The van der Waals surface area contributed by atoms with Crippen molar-refractivity contribution in [1.82, 2.24) is 4.90 Å². The number of morpholine rings is 1. The highest BCUT2D eigenvalue weighted by atomic mass is 16.5. The number of nitrogens with two attached hydrogens (primary N) is 1. The smallest absolute Gasteiger partial charge is 0.0731 e. The molecular weight excluding hydrogens is 232 g/mol. The molecular formula is C13H26N2O3. The molecule has 0 aromatic rings. The lowest BCUT2D eigenvalue weighted by molar-refractivity contribution is -0.113. The van der Waals surface area contributed by atoms with Gasteiger partial charge in [0.1, 0.15) is 0 Å². The maximum Gasteiger partial charge on any atom is 0.0731 e. The zero-order chi connectivity index (χ0) is 13.0. The Hall–Kier alpha value is -0.200. The average molecular weight is 258 g/mol. The first-order valence-corrected chi connectivity index (χ1v) is 7.00. The van der Waals surface area contributed by atoms with Gasteiger partial charge in [-0.15, -0.1) is 0 Å². The van der Waals surface area contributed by atoms with Gasteiger partial charge in [0, 0.05) is 25.7 Å². The molecule has 1 saturated heterocycles. The van der Waals surface area contributed by atoms with Gasteiger partial charge >= 0.3 is 0 Å². The molecule has 5 heteroatoms. The summed E-state index contributed by atoms with van der Waals surface area (Å²) in [5, 5.41) is 9.65. The molecule has 2 fully saturated rings. The van der Waals surface area contributed by atoms with E-state index in [1.54, 1.807) is 7.11 Å². The van der Waals surface area contributed by atoms with Crippen LogP contribution in [0.15, 0.2) is 0 Å². The summed E-state index contributed by atoms with van der Waals surface area (Å²) in [5.74, 6) is 0. The molecule has 106 valence electrons. The summed E-state index contributed by atoms with van der Waals surface area (Å²) >= 11 is 0. The van der Waals surface area contributed by atoms with Gasteiger partial charge in [-0.05, 0) is 12.8 Å². The SMILES string of the molecule is COCC(N)C(CO)N1CCOC2CCCCC21. The van der Waals surface area contributed by atoms with E-state index in [4.69, 9.17) is 15.2 Å². The molecule has 0 spiro atoms. The van der Waals surface area contributed by atoms with E-state index in [1.807, 2.05) is 0 Å². The van der Waals surface area contributed by atoms with Crippen molar-refractivity contribution in [2.45, 2.75) is 49.9 Å². The highest BCUT2D eigenvalue weighted by Crippen LogP contribution is 2.30. The first-order chi connectivity index (χ1) is 8.77. The second kappa shape index (κ2) is 6.82. The maximum absolute atomic E-state index is 9.65. The molecule has 0 bridgehead atoms. The van der Waals surface area contributed by atoms with Crippen molar-refractivity contribution < 1.29 is 14.6 Å². The van der Waals surface area contributed by atoms with Crippen LogP contribution in [0.2, 0.25) is 0 Å². The molecule has 4 unspecified atom stereocenters. The lowest BCUT2D eigenvalue weighted by Crippen LogP contribution is -2.62. The summed E-state index contributed by atoms with van der Waals surface area (Å²) in [6, 6.07) is 0.271. The molecule has 0 aromatic carbocycles. The highest BCUT2D eigenvalue weighted by molar-refractivity contribution is 4.93. The van der Waals surface area contributed by atoms with Crippen molar-refractivity contribution in [3.8, 4) is 0 Å². The monoisotopic (exact) mass is 258 g/mol. The number of nitrogens with zero attached hydrogens (tertiary/aromatic N) is 1. The summed E-state index contributed by atoms with van der Waals surface area (Å²) < 4.78 is 11.0. The number of fused-ring (bicyclic) bond motifs is 1. The van der Waals surface area contributed by atoms with Gasteiger partial charge in [0.25, 0.3) is 0 Å². The topological polar surface area (TPSA) is 68.0 Å². The molecule has 4 atom stereocenters. The molecule has 0 amide bonds. The van der Waals surface area contributed by atoms with E-state index in [2.05, 4.69) is 4.90 Å². The van der Waals surface area contributed by atoms with Crippen molar-refractivity contribution in [2.75, 3.05) is 33.5 Å².